The van der Waals surface area contributed by atoms with Crippen LogP contribution in [0.2, 0.25) is 0 Å². The van der Waals surface area contributed by atoms with E-state index in [0.29, 0.717) is 11.1 Å². The van der Waals surface area contributed by atoms with E-state index in [-0.39, 0.29) is 0 Å². The molecule has 0 saturated heterocycles. The van der Waals surface area contributed by atoms with Crippen molar-refractivity contribution >= 4 is 23.9 Å². The van der Waals surface area contributed by atoms with Crippen molar-refractivity contribution in [1.82, 2.24) is 0 Å². The van der Waals surface area contributed by atoms with E-state index in [1.54, 1.807) is 60.7 Å². The van der Waals surface area contributed by atoms with E-state index < -0.39 is 93.2 Å². The summed E-state index contributed by atoms with van der Waals surface area (Å²) in [5, 5.41) is 33.1. The first kappa shape index (κ1) is 38.1. The van der Waals surface area contributed by atoms with Crippen molar-refractivity contribution < 1.29 is 83.5 Å². The summed E-state index contributed by atoms with van der Waals surface area (Å²) in [7, 11) is 0. The number of carbonyl (C=O) groups is 4. The normalized spacial score (nSPS) is 9.78. The molecule has 18 heteroatoms. The molecule has 4 rings (SSSR count). The van der Waals surface area contributed by atoms with Crippen molar-refractivity contribution in [3.63, 3.8) is 0 Å². The molecule has 0 atom stereocenters. The molecule has 4 N–H and O–H groups in total. The Balaban J connectivity index is 0.000000313. The standard InChI is InChI=1S/2C7HF5O2.2C7H6O2/c2*8-2-1(7(13)14)3(9)5(11)6(12)4(2)10;2*8-7(9)6-4-2-1-3-5-6/h2*(H,13,14);2*1-5H,(H,8,9). The Hall–Kier alpha value is -5.94. The third-order valence-electron chi connectivity index (χ3n) is 4.89. The summed E-state index contributed by atoms with van der Waals surface area (Å²) >= 11 is 0. The van der Waals surface area contributed by atoms with Crippen LogP contribution >= 0.6 is 0 Å². The van der Waals surface area contributed by atoms with Crippen LogP contribution in [-0.4, -0.2) is 44.3 Å². The molecule has 8 nitrogen and oxygen atoms in total. The molecule has 0 radical (unpaired) electrons. The Morgan fingerprint density at radius 1 is 0.326 bits per heavy atom. The first-order valence-corrected chi connectivity index (χ1v) is 11.4. The van der Waals surface area contributed by atoms with Gasteiger partial charge in [-0.25, -0.2) is 63.1 Å². The summed E-state index contributed by atoms with van der Waals surface area (Å²) in [4.78, 5) is 40.6. The molecular formula is C28H14F10O8. The van der Waals surface area contributed by atoms with E-state index in [2.05, 4.69) is 0 Å². The predicted octanol–water partition coefficient (Wildman–Crippen LogP) is 6.93. The average molecular weight is 668 g/mol. The van der Waals surface area contributed by atoms with Crippen LogP contribution in [0.4, 0.5) is 43.9 Å². The lowest BCUT2D eigenvalue weighted by Gasteiger charge is -2.03. The summed E-state index contributed by atoms with van der Waals surface area (Å²) in [6, 6.07) is 16.6. The van der Waals surface area contributed by atoms with Crippen LogP contribution in [0.3, 0.4) is 0 Å². The number of hydrogen-bond acceptors (Lipinski definition) is 4. The lowest BCUT2D eigenvalue weighted by Crippen LogP contribution is -2.11. The van der Waals surface area contributed by atoms with Gasteiger partial charge in [-0.3, -0.25) is 0 Å². The highest BCUT2D eigenvalue weighted by atomic mass is 19.2. The molecular weight excluding hydrogens is 654 g/mol. The molecule has 0 saturated carbocycles. The second-order valence-corrected chi connectivity index (χ2v) is 7.84. The van der Waals surface area contributed by atoms with Gasteiger partial charge in [0.05, 0.1) is 11.1 Å². The van der Waals surface area contributed by atoms with E-state index >= 15 is 0 Å². The summed E-state index contributed by atoms with van der Waals surface area (Å²) in [5.41, 5.74) is -3.06. The van der Waals surface area contributed by atoms with Gasteiger partial charge in [0.1, 0.15) is 11.1 Å². The fraction of sp³-hybridized carbons (Fsp3) is 0. The molecule has 0 heterocycles. The van der Waals surface area contributed by atoms with Gasteiger partial charge in [0.2, 0.25) is 11.6 Å². The SMILES string of the molecule is O=C(O)c1c(F)c(F)c(F)c(F)c1F.O=C(O)c1c(F)c(F)c(F)c(F)c1F.O=C(O)c1ccccc1.O=C(O)c1ccccc1. The maximum absolute atomic E-state index is 12.6. The van der Waals surface area contributed by atoms with Gasteiger partial charge in [-0.1, -0.05) is 36.4 Å². The highest BCUT2D eigenvalue weighted by Crippen LogP contribution is 2.23. The number of aromatic carboxylic acids is 4. The van der Waals surface area contributed by atoms with E-state index in [1.807, 2.05) is 0 Å². The van der Waals surface area contributed by atoms with Gasteiger partial charge in [-0.05, 0) is 24.3 Å². The Labute approximate surface area is 249 Å². The van der Waals surface area contributed by atoms with Crippen LogP contribution in [-0.2, 0) is 0 Å². The Morgan fingerprint density at radius 2 is 0.522 bits per heavy atom. The summed E-state index contributed by atoms with van der Waals surface area (Å²) in [6.45, 7) is 0. The molecule has 0 aliphatic rings. The average Bonchev–Trinajstić information content (AvgIpc) is 3.02. The van der Waals surface area contributed by atoms with Gasteiger partial charge in [0.15, 0.2) is 46.5 Å². The predicted molar refractivity (Wildman–Crippen MR) is 133 cm³/mol. The van der Waals surface area contributed by atoms with Crippen molar-refractivity contribution in [1.29, 1.82) is 0 Å². The third-order valence-corrected chi connectivity index (χ3v) is 4.89. The first-order chi connectivity index (χ1) is 21.4. The Morgan fingerprint density at radius 3 is 0.674 bits per heavy atom. The van der Waals surface area contributed by atoms with Gasteiger partial charge >= 0.3 is 23.9 Å². The molecule has 4 aromatic carbocycles. The highest BCUT2D eigenvalue weighted by molar-refractivity contribution is 5.89. The molecule has 244 valence electrons. The quantitative estimate of drug-likeness (QED) is 0.104. The largest absolute Gasteiger partial charge is 0.478 e. The Kier molecular flexibility index (Phi) is 13.9. The second kappa shape index (κ2) is 16.8. The van der Waals surface area contributed by atoms with E-state index in [0.717, 1.165) is 0 Å². The zero-order chi connectivity index (χ0) is 35.5. The second-order valence-electron chi connectivity index (χ2n) is 7.84. The van der Waals surface area contributed by atoms with Gasteiger partial charge in [-0.2, -0.15) is 0 Å². The molecule has 0 spiro atoms. The fourth-order valence-corrected chi connectivity index (χ4v) is 2.75. The van der Waals surface area contributed by atoms with Crippen LogP contribution in [0.15, 0.2) is 60.7 Å². The number of rotatable bonds is 4. The molecule has 0 bridgehead atoms. The van der Waals surface area contributed by atoms with Gasteiger partial charge in [-0.15, -0.1) is 0 Å². The fourth-order valence-electron chi connectivity index (χ4n) is 2.75. The van der Waals surface area contributed by atoms with Crippen molar-refractivity contribution in [2.45, 2.75) is 0 Å². The molecule has 0 unspecified atom stereocenters. The first-order valence-electron chi connectivity index (χ1n) is 11.4. The van der Waals surface area contributed by atoms with Crippen LogP contribution in [0.5, 0.6) is 0 Å². The number of benzene rings is 4. The molecule has 0 aliphatic heterocycles. The smallest absolute Gasteiger partial charge is 0.341 e. The summed E-state index contributed by atoms with van der Waals surface area (Å²) < 4.78 is 124. The molecule has 0 aliphatic carbocycles. The number of hydrogen-bond donors (Lipinski definition) is 4. The lowest BCUT2D eigenvalue weighted by molar-refractivity contribution is 0.0671. The lowest BCUT2D eigenvalue weighted by atomic mass is 10.1. The highest BCUT2D eigenvalue weighted by Gasteiger charge is 2.30. The van der Waals surface area contributed by atoms with Crippen molar-refractivity contribution in [3.05, 3.63) is 141 Å². The van der Waals surface area contributed by atoms with Crippen LogP contribution < -0.4 is 0 Å². The maximum Gasteiger partial charge on any atom is 0.341 e. The topological polar surface area (TPSA) is 149 Å². The van der Waals surface area contributed by atoms with Crippen LogP contribution in [0, 0.1) is 58.2 Å². The monoisotopic (exact) mass is 668 g/mol. The number of halogens is 10. The van der Waals surface area contributed by atoms with E-state index in [9.17, 15) is 63.1 Å². The van der Waals surface area contributed by atoms with E-state index in [4.69, 9.17) is 20.4 Å². The molecule has 0 aromatic heterocycles. The van der Waals surface area contributed by atoms with Gasteiger partial charge in [0.25, 0.3) is 0 Å². The van der Waals surface area contributed by atoms with Crippen LogP contribution in [0.25, 0.3) is 0 Å². The zero-order valence-electron chi connectivity index (χ0n) is 22.0. The zero-order valence-corrected chi connectivity index (χ0v) is 22.0. The van der Waals surface area contributed by atoms with Gasteiger partial charge < -0.3 is 20.4 Å². The van der Waals surface area contributed by atoms with Crippen molar-refractivity contribution in [2.24, 2.45) is 0 Å². The van der Waals surface area contributed by atoms with Gasteiger partial charge in [0, 0.05) is 0 Å². The van der Waals surface area contributed by atoms with Crippen molar-refractivity contribution in [3.8, 4) is 0 Å². The van der Waals surface area contributed by atoms with Crippen molar-refractivity contribution in [2.75, 3.05) is 0 Å². The number of carboxylic acid groups (broad SMARTS) is 4. The maximum atomic E-state index is 12.6. The summed E-state index contributed by atoms with van der Waals surface area (Å²) in [5.74, 6) is -29.5. The molecule has 46 heavy (non-hydrogen) atoms. The number of carboxylic acids is 4. The summed E-state index contributed by atoms with van der Waals surface area (Å²) in [6.07, 6.45) is 0. The van der Waals surface area contributed by atoms with E-state index in [1.165, 1.54) is 0 Å². The molecule has 0 fully saturated rings. The minimum Gasteiger partial charge on any atom is -0.478 e. The van der Waals surface area contributed by atoms with Crippen LogP contribution in [0.1, 0.15) is 41.4 Å². The molecule has 4 aromatic rings. The minimum absolute atomic E-state index is 0.331. The Bertz CT molecular complexity index is 1560. The minimum atomic E-state index is -2.38. The third kappa shape index (κ3) is 9.53. The molecule has 0 amide bonds.